The Kier molecular flexibility index (Phi) is 6.42. The van der Waals surface area contributed by atoms with E-state index in [9.17, 15) is 9.90 Å². The molecular formula is C22H12Cl3N7O4. The van der Waals surface area contributed by atoms with Crippen LogP contribution in [0.15, 0.2) is 62.7 Å². The predicted molar refractivity (Wildman–Crippen MR) is 134 cm³/mol. The molecule has 0 fully saturated rings. The van der Waals surface area contributed by atoms with Crippen molar-refractivity contribution in [1.82, 2.24) is 20.3 Å². The fourth-order valence-corrected chi connectivity index (χ4v) is 3.59. The van der Waals surface area contributed by atoms with Crippen molar-refractivity contribution in [3.8, 4) is 11.3 Å². The normalized spacial score (nSPS) is 11.3. The summed E-state index contributed by atoms with van der Waals surface area (Å²) in [5, 5.41) is 24.8. The molecule has 3 N–H and O–H groups in total. The van der Waals surface area contributed by atoms with Gasteiger partial charge in [0.2, 0.25) is 11.3 Å². The molecule has 0 unspecified atom stereocenters. The maximum Gasteiger partial charge on any atom is 0.337 e. The van der Waals surface area contributed by atoms with E-state index in [0.717, 1.165) is 0 Å². The smallest absolute Gasteiger partial charge is 0.337 e. The molecule has 0 bridgehead atoms. The second-order valence-corrected chi connectivity index (χ2v) is 8.38. The first-order chi connectivity index (χ1) is 17.4. The lowest BCUT2D eigenvalue weighted by molar-refractivity contribution is 0.0697. The Hall–Kier alpha value is -4.19. The topological polar surface area (TPSA) is 152 Å². The summed E-state index contributed by atoms with van der Waals surface area (Å²) in [6.45, 7) is 0. The first-order valence-corrected chi connectivity index (χ1v) is 11.2. The molecule has 0 spiro atoms. The Morgan fingerprint density at radius 3 is 2.42 bits per heavy atom. The number of fused-ring (bicyclic) bond motifs is 1. The fourth-order valence-electron chi connectivity index (χ4n) is 3.09. The minimum Gasteiger partial charge on any atom is -0.478 e. The van der Waals surface area contributed by atoms with Crippen LogP contribution in [0.4, 0.5) is 17.3 Å². The van der Waals surface area contributed by atoms with Crippen molar-refractivity contribution in [1.29, 1.82) is 0 Å². The van der Waals surface area contributed by atoms with Gasteiger partial charge in [-0.3, -0.25) is 5.43 Å². The highest BCUT2D eigenvalue weighted by Crippen LogP contribution is 2.29. The van der Waals surface area contributed by atoms with Gasteiger partial charge in [-0.1, -0.05) is 34.8 Å². The molecule has 0 aliphatic rings. The van der Waals surface area contributed by atoms with Crippen molar-refractivity contribution in [3.63, 3.8) is 0 Å². The number of carboxylic acid groups (broad SMARTS) is 1. The highest BCUT2D eigenvalue weighted by atomic mass is 35.5. The average Bonchev–Trinajstić information content (AvgIpc) is 3.51. The van der Waals surface area contributed by atoms with E-state index < -0.39 is 5.97 Å². The monoisotopic (exact) mass is 543 g/mol. The molecule has 0 aliphatic heterocycles. The van der Waals surface area contributed by atoms with Gasteiger partial charge in [-0.2, -0.15) is 10.1 Å². The highest BCUT2D eigenvalue weighted by molar-refractivity contribution is 6.42. The predicted octanol–water partition coefficient (Wildman–Crippen LogP) is 6.12. The van der Waals surface area contributed by atoms with Gasteiger partial charge < -0.3 is 14.8 Å². The molecule has 0 saturated heterocycles. The zero-order valence-electron chi connectivity index (χ0n) is 17.7. The van der Waals surface area contributed by atoms with Crippen LogP contribution in [0.3, 0.4) is 0 Å². The third-order valence-corrected chi connectivity index (χ3v) is 5.84. The maximum atomic E-state index is 11.3. The molecule has 0 amide bonds. The van der Waals surface area contributed by atoms with E-state index in [1.54, 1.807) is 36.4 Å². The van der Waals surface area contributed by atoms with Crippen molar-refractivity contribution in [3.05, 3.63) is 74.9 Å². The van der Waals surface area contributed by atoms with Crippen LogP contribution >= 0.6 is 34.8 Å². The SMILES string of the molecule is O=C(O)c1cc(-c2ccc(C=NNc3nc4nonc4nc3Nc3ccc(Cl)c(Cl)c3)o2)ccc1Cl. The molecule has 0 atom stereocenters. The lowest BCUT2D eigenvalue weighted by Crippen LogP contribution is -2.03. The molecular weight excluding hydrogens is 533 g/mol. The molecule has 11 nitrogen and oxygen atoms in total. The van der Waals surface area contributed by atoms with Gasteiger partial charge in [0.15, 0.2) is 11.6 Å². The summed E-state index contributed by atoms with van der Waals surface area (Å²) in [5.41, 5.74) is 4.26. The number of benzene rings is 2. The summed E-state index contributed by atoms with van der Waals surface area (Å²) >= 11 is 18.0. The zero-order chi connectivity index (χ0) is 25.2. The number of anilines is 3. The number of hydrogen-bond acceptors (Lipinski definition) is 10. The standard InChI is InChI=1S/C22H12Cl3N7O4/c23-14-4-1-10(7-13(14)22(33)34)17-6-3-12(35-17)9-26-30-19-18(28-20-21(29-19)32-36-31-20)27-11-2-5-15(24)16(25)8-11/h1-9H,(H,33,34)(H,27,28,31)(H,29,30,32). The fraction of sp³-hybridized carbons (Fsp3) is 0. The first-order valence-electron chi connectivity index (χ1n) is 10.0. The molecule has 0 aliphatic carbocycles. The van der Waals surface area contributed by atoms with Crippen molar-refractivity contribution in [2.45, 2.75) is 0 Å². The van der Waals surface area contributed by atoms with Gasteiger partial charge in [0.05, 0.1) is 26.8 Å². The third-order valence-electron chi connectivity index (χ3n) is 4.77. The number of aromatic nitrogens is 4. The van der Waals surface area contributed by atoms with Gasteiger partial charge in [0.1, 0.15) is 11.5 Å². The van der Waals surface area contributed by atoms with E-state index in [2.05, 4.69) is 36.1 Å². The van der Waals surface area contributed by atoms with Gasteiger partial charge in [0, 0.05) is 11.3 Å². The first kappa shape index (κ1) is 23.5. The summed E-state index contributed by atoms with van der Waals surface area (Å²) in [6, 6.07) is 12.9. The van der Waals surface area contributed by atoms with Gasteiger partial charge in [-0.05, 0) is 58.8 Å². The largest absolute Gasteiger partial charge is 0.478 e. The molecule has 5 aromatic rings. The minimum absolute atomic E-state index is 0.0271. The number of hydrogen-bond donors (Lipinski definition) is 3. The number of carbonyl (C=O) groups is 1. The Morgan fingerprint density at radius 2 is 1.67 bits per heavy atom. The number of nitrogens with one attached hydrogen (secondary N) is 2. The van der Waals surface area contributed by atoms with Gasteiger partial charge >= 0.3 is 5.97 Å². The lowest BCUT2D eigenvalue weighted by Gasteiger charge is -2.09. The Morgan fingerprint density at radius 1 is 0.917 bits per heavy atom. The minimum atomic E-state index is -1.13. The summed E-state index contributed by atoms with van der Waals surface area (Å²) in [5.74, 6) is 0.185. The van der Waals surface area contributed by atoms with E-state index in [-0.39, 0.29) is 33.5 Å². The van der Waals surface area contributed by atoms with Crippen molar-refractivity contribution in [2.75, 3.05) is 10.7 Å². The zero-order valence-corrected chi connectivity index (χ0v) is 20.0. The van der Waals surface area contributed by atoms with E-state index in [1.165, 1.54) is 18.3 Å². The third kappa shape index (κ3) is 4.93. The highest BCUT2D eigenvalue weighted by Gasteiger charge is 2.14. The van der Waals surface area contributed by atoms with Crippen LogP contribution in [-0.4, -0.2) is 37.6 Å². The van der Waals surface area contributed by atoms with Crippen molar-refractivity contribution >= 4 is 75.6 Å². The molecule has 0 radical (unpaired) electrons. The summed E-state index contributed by atoms with van der Waals surface area (Å²) in [7, 11) is 0. The number of aromatic carboxylic acids is 1. The Labute approximate surface area is 216 Å². The second-order valence-electron chi connectivity index (χ2n) is 7.16. The van der Waals surface area contributed by atoms with Crippen LogP contribution < -0.4 is 10.7 Å². The van der Waals surface area contributed by atoms with Gasteiger partial charge in [-0.15, -0.1) is 0 Å². The van der Waals surface area contributed by atoms with E-state index in [4.69, 9.17) is 43.8 Å². The molecule has 36 heavy (non-hydrogen) atoms. The van der Waals surface area contributed by atoms with Crippen molar-refractivity contribution in [2.24, 2.45) is 5.10 Å². The van der Waals surface area contributed by atoms with Gasteiger partial charge in [0.25, 0.3) is 0 Å². The molecule has 2 aromatic carbocycles. The van der Waals surface area contributed by atoms with E-state index in [0.29, 0.717) is 32.8 Å². The number of carboxylic acids is 1. The number of halogens is 3. The molecule has 180 valence electrons. The Balaban J connectivity index is 1.38. The van der Waals surface area contributed by atoms with E-state index >= 15 is 0 Å². The molecule has 14 heteroatoms. The van der Waals surface area contributed by atoms with Crippen molar-refractivity contribution < 1.29 is 18.9 Å². The van der Waals surface area contributed by atoms with Crippen LogP contribution in [-0.2, 0) is 0 Å². The van der Waals surface area contributed by atoms with Gasteiger partial charge in [-0.25, -0.2) is 14.4 Å². The maximum absolute atomic E-state index is 11.3. The average molecular weight is 545 g/mol. The quantitative estimate of drug-likeness (QED) is 0.161. The van der Waals surface area contributed by atoms with Crippen LogP contribution in [0.2, 0.25) is 15.1 Å². The lowest BCUT2D eigenvalue weighted by atomic mass is 10.1. The van der Waals surface area contributed by atoms with Crippen LogP contribution in [0.25, 0.3) is 22.6 Å². The molecule has 3 heterocycles. The van der Waals surface area contributed by atoms with E-state index in [1.807, 2.05) is 0 Å². The summed E-state index contributed by atoms with van der Waals surface area (Å²) in [4.78, 5) is 20.0. The molecule has 0 saturated carbocycles. The summed E-state index contributed by atoms with van der Waals surface area (Å²) < 4.78 is 10.4. The summed E-state index contributed by atoms with van der Waals surface area (Å²) in [6.07, 6.45) is 1.41. The van der Waals surface area contributed by atoms with Crippen LogP contribution in [0, 0.1) is 0 Å². The Bertz CT molecular complexity index is 1630. The number of nitrogens with zero attached hydrogens (tertiary/aromatic N) is 5. The number of rotatable bonds is 7. The number of hydrazone groups is 1. The molecule has 3 aromatic heterocycles. The van der Waals surface area contributed by atoms with Crippen LogP contribution in [0.1, 0.15) is 16.1 Å². The van der Waals surface area contributed by atoms with Crippen LogP contribution in [0.5, 0.6) is 0 Å². The second kappa shape index (κ2) is 9.82. The number of furan rings is 1. The molecule has 5 rings (SSSR count).